The van der Waals surface area contributed by atoms with Crippen LogP contribution in [0.1, 0.15) is 24.4 Å². The van der Waals surface area contributed by atoms with Gasteiger partial charge in [-0.25, -0.2) is 0 Å². The number of hydrogen-bond acceptors (Lipinski definition) is 3. The molecule has 1 aromatic rings. The van der Waals surface area contributed by atoms with E-state index in [1.807, 2.05) is 6.07 Å². The van der Waals surface area contributed by atoms with E-state index in [2.05, 4.69) is 5.32 Å². The zero-order valence-electron chi connectivity index (χ0n) is 9.63. The Morgan fingerprint density at radius 1 is 1.29 bits per heavy atom. The van der Waals surface area contributed by atoms with E-state index in [0.29, 0.717) is 16.6 Å². The lowest BCUT2D eigenvalue weighted by Crippen LogP contribution is -2.29. The van der Waals surface area contributed by atoms with Crippen LogP contribution in [0.2, 0.25) is 10.0 Å². The van der Waals surface area contributed by atoms with Gasteiger partial charge in [-0.2, -0.15) is 0 Å². The smallest absolute Gasteiger partial charge is 0.0459 e. The van der Waals surface area contributed by atoms with Crippen molar-refractivity contribution in [1.29, 1.82) is 0 Å². The molecule has 3 nitrogen and oxygen atoms in total. The van der Waals surface area contributed by atoms with Crippen LogP contribution in [-0.4, -0.2) is 24.8 Å². The molecule has 0 aliphatic rings. The number of rotatable bonds is 7. The summed E-state index contributed by atoms with van der Waals surface area (Å²) in [5, 5.41) is 13.3. The van der Waals surface area contributed by atoms with E-state index < -0.39 is 0 Å². The Kier molecular flexibility index (Phi) is 6.85. The third kappa shape index (κ3) is 4.82. The van der Waals surface area contributed by atoms with Crippen LogP contribution in [0.3, 0.4) is 0 Å². The first-order valence-electron chi connectivity index (χ1n) is 5.68. The van der Waals surface area contributed by atoms with Crippen molar-refractivity contribution in [1.82, 2.24) is 5.32 Å². The minimum atomic E-state index is -0.0000992. The molecule has 0 saturated heterocycles. The molecular weight excluding hydrogens is 259 g/mol. The highest BCUT2D eigenvalue weighted by molar-refractivity contribution is 6.33. The zero-order valence-corrected chi connectivity index (χ0v) is 11.1. The van der Waals surface area contributed by atoms with Crippen LogP contribution in [0.5, 0.6) is 0 Å². The van der Waals surface area contributed by atoms with Crippen molar-refractivity contribution < 1.29 is 5.11 Å². The first-order valence-corrected chi connectivity index (χ1v) is 6.44. The number of benzene rings is 1. The summed E-state index contributed by atoms with van der Waals surface area (Å²) in [6.45, 7) is 1.47. The lowest BCUT2D eigenvalue weighted by Gasteiger charge is -2.18. The lowest BCUT2D eigenvalue weighted by atomic mass is 10.1. The second-order valence-electron chi connectivity index (χ2n) is 3.84. The Morgan fingerprint density at radius 2 is 2.06 bits per heavy atom. The van der Waals surface area contributed by atoms with E-state index in [0.717, 1.165) is 24.9 Å². The van der Waals surface area contributed by atoms with Gasteiger partial charge in [0.2, 0.25) is 0 Å². The first kappa shape index (κ1) is 14.7. The Labute approximate surface area is 112 Å². The lowest BCUT2D eigenvalue weighted by molar-refractivity contribution is 0.282. The third-order valence-corrected chi connectivity index (χ3v) is 3.12. The molecule has 1 unspecified atom stereocenters. The average molecular weight is 277 g/mol. The predicted molar refractivity (Wildman–Crippen MR) is 72.6 cm³/mol. The van der Waals surface area contributed by atoms with E-state index in [1.54, 1.807) is 12.1 Å². The van der Waals surface area contributed by atoms with Crippen molar-refractivity contribution in [2.45, 2.75) is 18.9 Å². The van der Waals surface area contributed by atoms with Crippen molar-refractivity contribution in [3.8, 4) is 0 Å². The summed E-state index contributed by atoms with van der Waals surface area (Å²) in [7, 11) is 0. The maximum atomic E-state index is 8.70. The van der Waals surface area contributed by atoms with Gasteiger partial charge in [-0.3, -0.25) is 0 Å². The maximum absolute atomic E-state index is 8.70. The van der Waals surface area contributed by atoms with E-state index in [1.165, 1.54) is 0 Å². The van der Waals surface area contributed by atoms with E-state index in [4.69, 9.17) is 34.0 Å². The van der Waals surface area contributed by atoms with Crippen LogP contribution < -0.4 is 11.1 Å². The van der Waals surface area contributed by atoms with Crippen LogP contribution >= 0.6 is 23.2 Å². The summed E-state index contributed by atoms with van der Waals surface area (Å²) in [5.74, 6) is 0. The highest BCUT2D eigenvalue weighted by Gasteiger charge is 2.12. The molecule has 0 bridgehead atoms. The van der Waals surface area contributed by atoms with Crippen LogP contribution in [-0.2, 0) is 0 Å². The van der Waals surface area contributed by atoms with Crippen molar-refractivity contribution in [3.05, 3.63) is 33.8 Å². The predicted octanol–water partition coefficient (Wildman–Crippen LogP) is 2.36. The molecule has 0 fully saturated rings. The van der Waals surface area contributed by atoms with Crippen LogP contribution in [0.4, 0.5) is 0 Å². The molecule has 17 heavy (non-hydrogen) atoms. The molecule has 1 aromatic carbocycles. The van der Waals surface area contributed by atoms with E-state index in [9.17, 15) is 0 Å². The molecule has 0 heterocycles. The molecule has 0 spiro atoms. The number of aliphatic hydroxyl groups is 1. The Morgan fingerprint density at radius 3 is 2.71 bits per heavy atom. The van der Waals surface area contributed by atoms with E-state index >= 15 is 0 Å². The number of unbranched alkanes of at least 4 members (excludes halogenated alkanes) is 1. The zero-order chi connectivity index (χ0) is 12.7. The number of nitrogens with one attached hydrogen (secondary N) is 1. The first-order chi connectivity index (χ1) is 8.19. The monoisotopic (exact) mass is 276 g/mol. The molecule has 1 rings (SSSR count). The van der Waals surface area contributed by atoms with Gasteiger partial charge in [0.05, 0.1) is 0 Å². The minimum absolute atomic E-state index is 0.0000992. The highest BCUT2D eigenvalue weighted by atomic mass is 35.5. The second-order valence-corrected chi connectivity index (χ2v) is 4.68. The van der Waals surface area contributed by atoms with Gasteiger partial charge in [0, 0.05) is 29.2 Å². The fourth-order valence-electron chi connectivity index (χ4n) is 1.61. The molecule has 0 aromatic heterocycles. The molecule has 0 aliphatic heterocycles. The summed E-state index contributed by atoms with van der Waals surface area (Å²) in [4.78, 5) is 0. The molecule has 4 N–H and O–H groups in total. The molecule has 96 valence electrons. The fraction of sp³-hybridized carbons (Fsp3) is 0.500. The summed E-state index contributed by atoms with van der Waals surface area (Å²) in [6.07, 6.45) is 1.69. The minimum Gasteiger partial charge on any atom is -0.396 e. The van der Waals surface area contributed by atoms with Crippen LogP contribution in [0, 0.1) is 0 Å². The standard InChI is InChI=1S/C12H18Cl2N2O/c13-9-3-4-11(14)10(7-9)12(8-15)16-5-1-2-6-17/h3-4,7,12,16-17H,1-2,5-6,8,15H2. The topological polar surface area (TPSA) is 58.3 Å². The largest absolute Gasteiger partial charge is 0.396 e. The fourth-order valence-corrected chi connectivity index (χ4v) is 2.04. The van der Waals surface area contributed by atoms with Crippen molar-refractivity contribution in [3.63, 3.8) is 0 Å². The van der Waals surface area contributed by atoms with Gasteiger partial charge in [0.1, 0.15) is 0 Å². The average Bonchev–Trinajstić information content (AvgIpc) is 2.33. The molecular formula is C12H18Cl2N2O. The SMILES string of the molecule is NCC(NCCCCO)c1cc(Cl)ccc1Cl. The summed E-state index contributed by atoms with van der Waals surface area (Å²) >= 11 is 12.1. The van der Waals surface area contributed by atoms with Crippen LogP contribution in [0.25, 0.3) is 0 Å². The van der Waals surface area contributed by atoms with Gasteiger partial charge >= 0.3 is 0 Å². The van der Waals surface area contributed by atoms with Gasteiger partial charge in [0.25, 0.3) is 0 Å². The Bertz CT molecular complexity index is 347. The summed E-state index contributed by atoms with van der Waals surface area (Å²) in [5.41, 5.74) is 6.65. The third-order valence-electron chi connectivity index (χ3n) is 2.54. The second kappa shape index (κ2) is 7.90. The molecule has 1 atom stereocenters. The number of nitrogens with two attached hydrogens (primary N) is 1. The van der Waals surface area contributed by atoms with E-state index in [-0.39, 0.29) is 12.6 Å². The maximum Gasteiger partial charge on any atom is 0.0459 e. The van der Waals surface area contributed by atoms with Crippen LogP contribution in [0.15, 0.2) is 18.2 Å². The normalized spacial score (nSPS) is 12.7. The van der Waals surface area contributed by atoms with Gasteiger partial charge in [-0.1, -0.05) is 23.2 Å². The molecule has 0 amide bonds. The van der Waals surface area contributed by atoms with Gasteiger partial charge in [-0.05, 0) is 43.1 Å². The molecule has 0 radical (unpaired) electrons. The Hall–Kier alpha value is -0.320. The van der Waals surface area contributed by atoms with Crippen molar-refractivity contribution in [2.75, 3.05) is 19.7 Å². The quantitative estimate of drug-likeness (QED) is 0.670. The van der Waals surface area contributed by atoms with Crippen molar-refractivity contribution >= 4 is 23.2 Å². The molecule has 0 aliphatic carbocycles. The molecule has 5 heteroatoms. The molecule has 0 saturated carbocycles. The number of hydrogen-bond donors (Lipinski definition) is 3. The summed E-state index contributed by atoms with van der Waals surface area (Å²) in [6, 6.07) is 5.37. The van der Waals surface area contributed by atoms with Gasteiger partial charge < -0.3 is 16.2 Å². The van der Waals surface area contributed by atoms with Gasteiger partial charge in [0.15, 0.2) is 0 Å². The highest BCUT2D eigenvalue weighted by Crippen LogP contribution is 2.25. The Balaban J connectivity index is 2.62. The number of aliphatic hydroxyl groups excluding tert-OH is 1. The summed E-state index contributed by atoms with van der Waals surface area (Å²) < 4.78 is 0. The van der Waals surface area contributed by atoms with Gasteiger partial charge in [-0.15, -0.1) is 0 Å². The number of halogens is 2. The van der Waals surface area contributed by atoms with Crippen molar-refractivity contribution in [2.24, 2.45) is 5.73 Å².